The number of ether oxygens (including phenoxy) is 1. The fourth-order valence-electron chi connectivity index (χ4n) is 2.57. The number of thiazole rings is 1. The van der Waals surface area contributed by atoms with Gasteiger partial charge in [-0.25, -0.2) is 0 Å². The fraction of sp³-hybridized carbons (Fsp3) is 0.235. The molecule has 0 unspecified atom stereocenters. The van der Waals surface area contributed by atoms with Gasteiger partial charge in [0.1, 0.15) is 11.3 Å². The highest BCUT2D eigenvalue weighted by Crippen LogP contribution is 2.30. The van der Waals surface area contributed by atoms with Crippen molar-refractivity contribution in [2.75, 3.05) is 7.11 Å². The molecule has 0 spiro atoms. The molecule has 0 saturated carbocycles. The van der Waals surface area contributed by atoms with Gasteiger partial charge in [-0.1, -0.05) is 29.0 Å². The molecule has 1 heterocycles. The van der Waals surface area contributed by atoms with Crippen molar-refractivity contribution in [3.63, 3.8) is 0 Å². The van der Waals surface area contributed by atoms with Crippen LogP contribution in [0.5, 0.6) is 5.75 Å². The van der Waals surface area contributed by atoms with Crippen LogP contribution in [0.15, 0.2) is 45.7 Å². The van der Waals surface area contributed by atoms with Gasteiger partial charge in [-0.05, 0) is 49.7 Å². The van der Waals surface area contributed by atoms with Crippen LogP contribution in [0.4, 0.5) is 0 Å². The van der Waals surface area contributed by atoms with Crippen molar-refractivity contribution in [1.29, 1.82) is 0 Å². The van der Waals surface area contributed by atoms with Crippen molar-refractivity contribution < 1.29 is 13.2 Å². The van der Waals surface area contributed by atoms with Crippen LogP contribution in [0.3, 0.4) is 0 Å². The SMILES string of the molecule is CCn1/c(=N/S(=O)(=O)c2ccc(Cl)cc2)sc2c(C)ccc(OC)c21. The van der Waals surface area contributed by atoms with E-state index in [1.54, 1.807) is 7.11 Å². The van der Waals surface area contributed by atoms with E-state index in [4.69, 9.17) is 16.3 Å². The van der Waals surface area contributed by atoms with E-state index < -0.39 is 10.0 Å². The van der Waals surface area contributed by atoms with Crippen LogP contribution < -0.4 is 9.54 Å². The second-order valence-electron chi connectivity index (χ2n) is 5.41. The quantitative estimate of drug-likeness (QED) is 0.670. The van der Waals surface area contributed by atoms with Crippen molar-refractivity contribution in [3.8, 4) is 5.75 Å². The molecule has 3 aromatic rings. The van der Waals surface area contributed by atoms with E-state index >= 15 is 0 Å². The molecular weight excluding hydrogens is 380 g/mol. The Kier molecular flexibility index (Phi) is 4.90. The molecule has 0 radical (unpaired) electrons. The molecule has 25 heavy (non-hydrogen) atoms. The third-order valence-corrected chi connectivity index (χ3v) is 6.69. The van der Waals surface area contributed by atoms with Gasteiger partial charge in [0.2, 0.25) is 4.80 Å². The van der Waals surface area contributed by atoms with Gasteiger partial charge in [0.05, 0.1) is 16.7 Å². The number of methoxy groups -OCH3 is 1. The molecule has 132 valence electrons. The number of rotatable bonds is 4. The van der Waals surface area contributed by atoms with Crippen molar-refractivity contribution in [3.05, 3.63) is 51.8 Å². The third kappa shape index (κ3) is 3.31. The molecule has 0 fully saturated rings. The number of aryl methyl sites for hydroxylation is 2. The first kappa shape index (κ1) is 18.0. The number of hydrogen-bond acceptors (Lipinski definition) is 4. The van der Waals surface area contributed by atoms with Gasteiger partial charge in [-0.3, -0.25) is 0 Å². The first-order valence-corrected chi connectivity index (χ1v) is 10.2. The molecule has 2 aromatic carbocycles. The molecule has 8 heteroatoms. The minimum Gasteiger partial charge on any atom is -0.495 e. The van der Waals surface area contributed by atoms with E-state index in [0.29, 0.717) is 22.1 Å². The van der Waals surface area contributed by atoms with Gasteiger partial charge < -0.3 is 9.30 Å². The summed E-state index contributed by atoms with van der Waals surface area (Å²) in [6.07, 6.45) is 0. The third-order valence-electron chi connectivity index (χ3n) is 3.83. The Balaban J connectivity index is 2.30. The lowest BCUT2D eigenvalue weighted by Crippen LogP contribution is -2.16. The second kappa shape index (κ2) is 6.82. The molecule has 0 bridgehead atoms. The molecule has 0 saturated heterocycles. The zero-order chi connectivity index (χ0) is 18.2. The number of halogens is 1. The maximum Gasteiger partial charge on any atom is 0.285 e. The maximum atomic E-state index is 12.6. The Morgan fingerprint density at radius 1 is 1.20 bits per heavy atom. The van der Waals surface area contributed by atoms with Crippen LogP contribution in [-0.4, -0.2) is 20.1 Å². The summed E-state index contributed by atoms with van der Waals surface area (Å²) < 4.78 is 37.6. The zero-order valence-electron chi connectivity index (χ0n) is 14.0. The topological polar surface area (TPSA) is 60.7 Å². The summed E-state index contributed by atoms with van der Waals surface area (Å²) in [4.78, 5) is 0.528. The number of hydrogen-bond donors (Lipinski definition) is 0. The predicted octanol–water partition coefficient (Wildman–Crippen LogP) is 3.98. The fourth-order valence-corrected chi connectivity index (χ4v) is 5.08. The Labute approximate surface area is 155 Å². The molecule has 0 atom stereocenters. The number of sulfonamides is 1. The average molecular weight is 397 g/mol. The van der Waals surface area contributed by atoms with Gasteiger partial charge in [0.25, 0.3) is 10.0 Å². The highest BCUT2D eigenvalue weighted by Gasteiger charge is 2.17. The van der Waals surface area contributed by atoms with Crippen LogP contribution in [0, 0.1) is 6.92 Å². The zero-order valence-corrected chi connectivity index (χ0v) is 16.4. The largest absolute Gasteiger partial charge is 0.495 e. The van der Waals surface area contributed by atoms with Crippen LogP contribution in [-0.2, 0) is 16.6 Å². The standard InChI is InChI=1S/C17H17ClN2O3S2/c1-4-20-15-14(23-3)10-5-11(2)16(15)24-17(20)19-25(21,22)13-8-6-12(18)7-9-13/h5-10H,4H2,1-3H3/b19-17-. The number of fused-ring (bicyclic) bond motifs is 1. The molecule has 1 aromatic heterocycles. The summed E-state index contributed by atoms with van der Waals surface area (Å²) in [6, 6.07) is 9.82. The van der Waals surface area contributed by atoms with Crippen LogP contribution in [0.2, 0.25) is 5.02 Å². The van der Waals surface area contributed by atoms with E-state index in [1.165, 1.54) is 35.6 Å². The summed E-state index contributed by atoms with van der Waals surface area (Å²) in [6.45, 7) is 4.51. The van der Waals surface area contributed by atoms with Crippen LogP contribution in [0.25, 0.3) is 10.2 Å². The molecule has 0 aliphatic rings. The minimum atomic E-state index is -3.83. The lowest BCUT2D eigenvalue weighted by molar-refractivity contribution is 0.417. The lowest BCUT2D eigenvalue weighted by atomic mass is 10.2. The Morgan fingerprint density at radius 2 is 1.88 bits per heavy atom. The van der Waals surface area contributed by atoms with E-state index in [9.17, 15) is 8.42 Å². The summed E-state index contributed by atoms with van der Waals surface area (Å²) in [5.74, 6) is 0.698. The molecule has 0 aliphatic heterocycles. The first-order valence-electron chi connectivity index (χ1n) is 7.61. The maximum absolute atomic E-state index is 12.6. The van der Waals surface area contributed by atoms with Gasteiger partial charge in [0, 0.05) is 11.6 Å². The van der Waals surface area contributed by atoms with Gasteiger partial charge in [-0.15, -0.1) is 4.40 Å². The van der Waals surface area contributed by atoms with Crippen molar-refractivity contribution >= 4 is 43.2 Å². The van der Waals surface area contributed by atoms with E-state index in [0.717, 1.165) is 15.8 Å². The van der Waals surface area contributed by atoms with Crippen molar-refractivity contribution in [2.24, 2.45) is 4.40 Å². The van der Waals surface area contributed by atoms with E-state index in [-0.39, 0.29) is 4.90 Å². The second-order valence-corrected chi connectivity index (χ2v) is 8.43. The monoisotopic (exact) mass is 396 g/mol. The lowest BCUT2D eigenvalue weighted by Gasteiger charge is -2.07. The van der Waals surface area contributed by atoms with Crippen LogP contribution >= 0.6 is 22.9 Å². The van der Waals surface area contributed by atoms with Crippen molar-refractivity contribution in [1.82, 2.24) is 4.57 Å². The molecular formula is C17H17ClN2O3S2. The van der Waals surface area contributed by atoms with Gasteiger partial charge in [-0.2, -0.15) is 8.42 Å². The molecule has 0 amide bonds. The van der Waals surface area contributed by atoms with E-state index in [2.05, 4.69) is 4.40 Å². The summed E-state index contributed by atoms with van der Waals surface area (Å²) >= 11 is 7.17. The highest BCUT2D eigenvalue weighted by molar-refractivity contribution is 7.90. The predicted molar refractivity (Wildman–Crippen MR) is 101 cm³/mol. The summed E-state index contributed by atoms with van der Waals surface area (Å²) in [7, 11) is -2.23. The number of aromatic nitrogens is 1. The number of benzene rings is 2. The van der Waals surface area contributed by atoms with Crippen molar-refractivity contribution in [2.45, 2.75) is 25.3 Å². The van der Waals surface area contributed by atoms with Gasteiger partial charge in [0.15, 0.2) is 0 Å². The van der Waals surface area contributed by atoms with Crippen LogP contribution in [0.1, 0.15) is 12.5 Å². The summed E-state index contributed by atoms with van der Waals surface area (Å²) in [5.41, 5.74) is 1.91. The number of nitrogens with zero attached hydrogens (tertiary/aromatic N) is 2. The first-order chi connectivity index (χ1) is 11.9. The normalized spacial score (nSPS) is 12.7. The molecule has 5 nitrogen and oxygen atoms in total. The summed E-state index contributed by atoms with van der Waals surface area (Å²) in [5, 5.41) is 0.477. The Morgan fingerprint density at radius 3 is 2.48 bits per heavy atom. The van der Waals surface area contributed by atoms with Gasteiger partial charge >= 0.3 is 0 Å². The van der Waals surface area contributed by atoms with E-state index in [1.807, 2.05) is 30.5 Å². The smallest absolute Gasteiger partial charge is 0.285 e. The highest BCUT2D eigenvalue weighted by atomic mass is 35.5. The minimum absolute atomic E-state index is 0.112. The Hall–Kier alpha value is -1.83. The molecule has 3 rings (SSSR count). The molecule has 0 N–H and O–H groups in total. The Bertz CT molecular complexity index is 1100. The molecule has 0 aliphatic carbocycles. The average Bonchev–Trinajstić information content (AvgIpc) is 2.94.